The summed E-state index contributed by atoms with van der Waals surface area (Å²) in [7, 11) is 1.98. The molecule has 4 nitrogen and oxygen atoms in total. The van der Waals surface area contributed by atoms with Gasteiger partial charge in [0, 0.05) is 23.6 Å². The van der Waals surface area contributed by atoms with Gasteiger partial charge in [0.15, 0.2) is 5.78 Å². The molecule has 2 aliphatic rings. The summed E-state index contributed by atoms with van der Waals surface area (Å²) in [5.41, 5.74) is 3.05. The van der Waals surface area contributed by atoms with E-state index in [1.807, 2.05) is 25.6 Å². The topological polar surface area (TPSA) is 58.7 Å². The molecule has 3 rings (SSSR count). The number of hydrogen-bond acceptors (Lipinski definition) is 3. The van der Waals surface area contributed by atoms with Crippen molar-refractivity contribution in [3.05, 3.63) is 17.0 Å². The van der Waals surface area contributed by atoms with Gasteiger partial charge in [-0.25, -0.2) is 0 Å². The highest BCUT2D eigenvalue weighted by molar-refractivity contribution is 5.90. The number of nitrogens with zero attached hydrogens (tertiary/aromatic N) is 3. The fraction of sp³-hybridized carbons (Fsp3) is 0.706. The number of carbonyl (C=O) groups excluding carboxylic acids is 1. The van der Waals surface area contributed by atoms with Gasteiger partial charge in [0.25, 0.3) is 0 Å². The summed E-state index contributed by atoms with van der Waals surface area (Å²) in [5, 5.41) is 14.2. The third-order valence-corrected chi connectivity index (χ3v) is 6.06. The highest BCUT2D eigenvalue weighted by Crippen LogP contribution is 2.56. The minimum atomic E-state index is -0.505. The second-order valence-corrected chi connectivity index (χ2v) is 7.52. The highest BCUT2D eigenvalue weighted by atomic mass is 16.1. The van der Waals surface area contributed by atoms with Crippen molar-refractivity contribution in [3.63, 3.8) is 0 Å². The summed E-state index contributed by atoms with van der Waals surface area (Å²) in [6.45, 7) is 8.35. The standard InChI is InChI=1S/C17H23N3O/c1-10-12-6-7-13-16(2,3)15(21)11(9-18)8-17(13,4)14(12)19-20(10)5/h11,13H,6-8H2,1-5H3/t11?,13?,17-/m0/s1. The molecule has 21 heavy (non-hydrogen) atoms. The van der Waals surface area contributed by atoms with Gasteiger partial charge in [0.1, 0.15) is 5.92 Å². The van der Waals surface area contributed by atoms with Crippen LogP contribution in [0.4, 0.5) is 0 Å². The molecule has 0 saturated heterocycles. The third-order valence-electron chi connectivity index (χ3n) is 6.06. The zero-order chi connectivity index (χ0) is 15.6. The van der Waals surface area contributed by atoms with Gasteiger partial charge >= 0.3 is 0 Å². The van der Waals surface area contributed by atoms with Crippen molar-refractivity contribution in [2.75, 3.05) is 0 Å². The van der Waals surface area contributed by atoms with Gasteiger partial charge < -0.3 is 0 Å². The van der Waals surface area contributed by atoms with E-state index in [-0.39, 0.29) is 17.1 Å². The maximum atomic E-state index is 12.6. The first-order valence-electron chi connectivity index (χ1n) is 7.70. The Labute approximate surface area is 126 Å². The van der Waals surface area contributed by atoms with Crippen LogP contribution in [0, 0.1) is 35.5 Å². The lowest BCUT2D eigenvalue weighted by Gasteiger charge is -2.52. The lowest BCUT2D eigenvalue weighted by Crippen LogP contribution is -2.55. The maximum absolute atomic E-state index is 12.6. The molecule has 0 aliphatic heterocycles. The first kappa shape index (κ1) is 14.3. The summed E-state index contributed by atoms with van der Waals surface area (Å²) in [4.78, 5) is 12.6. The molecular formula is C17H23N3O. The van der Waals surface area contributed by atoms with Crippen molar-refractivity contribution in [1.82, 2.24) is 9.78 Å². The lowest BCUT2D eigenvalue weighted by atomic mass is 9.49. The number of hydrogen-bond donors (Lipinski definition) is 0. The average molecular weight is 285 g/mol. The Bertz CT molecular complexity index is 664. The molecule has 1 saturated carbocycles. The summed E-state index contributed by atoms with van der Waals surface area (Å²) in [5.74, 6) is -0.123. The number of aromatic nitrogens is 2. The van der Waals surface area contributed by atoms with Gasteiger partial charge in [-0.05, 0) is 37.7 Å². The number of nitriles is 1. The SMILES string of the molecule is Cc1c2c(nn1C)[C@@]1(C)CC(C#N)C(=O)C(C)(C)C1CC2. The van der Waals surface area contributed by atoms with E-state index >= 15 is 0 Å². The van der Waals surface area contributed by atoms with E-state index in [0.717, 1.165) is 18.5 Å². The number of carbonyl (C=O) groups is 1. The molecule has 2 aliphatic carbocycles. The number of aryl methyl sites for hydroxylation is 1. The van der Waals surface area contributed by atoms with Crippen LogP contribution in [-0.4, -0.2) is 15.6 Å². The summed E-state index contributed by atoms with van der Waals surface area (Å²) in [6, 6.07) is 2.24. The molecule has 0 N–H and O–H groups in total. The Morgan fingerprint density at radius 1 is 1.38 bits per heavy atom. The largest absolute Gasteiger partial charge is 0.298 e. The van der Waals surface area contributed by atoms with Crippen LogP contribution < -0.4 is 0 Å². The van der Waals surface area contributed by atoms with E-state index in [4.69, 9.17) is 5.10 Å². The van der Waals surface area contributed by atoms with Crippen LogP contribution in [-0.2, 0) is 23.7 Å². The molecule has 0 radical (unpaired) electrons. The first-order chi connectivity index (χ1) is 9.73. The van der Waals surface area contributed by atoms with Crippen LogP contribution in [0.25, 0.3) is 0 Å². The minimum absolute atomic E-state index is 0.114. The molecule has 2 unspecified atom stereocenters. The van der Waals surface area contributed by atoms with Gasteiger partial charge in [0.05, 0.1) is 11.8 Å². The second kappa shape index (κ2) is 4.19. The van der Waals surface area contributed by atoms with Crippen molar-refractivity contribution in [1.29, 1.82) is 5.26 Å². The third kappa shape index (κ3) is 1.67. The Hall–Kier alpha value is -1.63. The quantitative estimate of drug-likeness (QED) is 0.736. The van der Waals surface area contributed by atoms with Gasteiger partial charge in [-0.1, -0.05) is 20.8 Å². The van der Waals surface area contributed by atoms with Crippen LogP contribution in [0.1, 0.15) is 50.6 Å². The predicted octanol–water partition coefficient (Wildman–Crippen LogP) is 2.69. The van der Waals surface area contributed by atoms with Crippen molar-refractivity contribution in [2.24, 2.45) is 24.3 Å². The summed E-state index contributed by atoms with van der Waals surface area (Å²) in [6.07, 6.45) is 2.61. The molecule has 3 atom stereocenters. The molecule has 112 valence electrons. The zero-order valence-electron chi connectivity index (χ0n) is 13.5. The molecular weight excluding hydrogens is 262 g/mol. The molecule has 0 spiro atoms. The number of fused-ring (bicyclic) bond motifs is 3. The van der Waals surface area contributed by atoms with Crippen LogP contribution in [0.3, 0.4) is 0 Å². The highest BCUT2D eigenvalue weighted by Gasteiger charge is 2.58. The number of ketones is 1. The van der Waals surface area contributed by atoms with Crippen molar-refractivity contribution < 1.29 is 4.79 Å². The Kier molecular flexibility index (Phi) is 2.86. The Balaban J connectivity index is 2.19. The summed E-state index contributed by atoms with van der Waals surface area (Å²) >= 11 is 0. The van der Waals surface area contributed by atoms with Crippen LogP contribution >= 0.6 is 0 Å². The average Bonchev–Trinajstić information content (AvgIpc) is 2.72. The zero-order valence-corrected chi connectivity index (χ0v) is 13.5. The van der Waals surface area contributed by atoms with E-state index in [2.05, 4.69) is 19.9 Å². The molecule has 0 amide bonds. The molecule has 0 bridgehead atoms. The van der Waals surface area contributed by atoms with E-state index in [0.29, 0.717) is 6.42 Å². The minimum Gasteiger partial charge on any atom is -0.298 e. The second-order valence-electron chi connectivity index (χ2n) is 7.52. The Morgan fingerprint density at radius 3 is 2.67 bits per heavy atom. The smallest absolute Gasteiger partial charge is 0.155 e. The normalized spacial score (nSPS) is 34.0. The van der Waals surface area contributed by atoms with Gasteiger partial charge in [0.2, 0.25) is 0 Å². The fourth-order valence-electron chi connectivity index (χ4n) is 4.82. The fourth-order valence-corrected chi connectivity index (χ4v) is 4.82. The first-order valence-corrected chi connectivity index (χ1v) is 7.70. The van der Waals surface area contributed by atoms with E-state index in [1.165, 1.54) is 11.3 Å². The van der Waals surface area contributed by atoms with Crippen molar-refractivity contribution >= 4 is 5.78 Å². The van der Waals surface area contributed by atoms with Crippen LogP contribution in [0.15, 0.2) is 0 Å². The number of Topliss-reactive ketones (excluding diaryl/α,β-unsaturated/α-hetero) is 1. The molecule has 0 aromatic carbocycles. The predicted molar refractivity (Wildman–Crippen MR) is 79.6 cm³/mol. The van der Waals surface area contributed by atoms with E-state index in [1.54, 1.807) is 0 Å². The Morgan fingerprint density at radius 2 is 2.05 bits per heavy atom. The molecule has 4 heteroatoms. The molecule has 1 aromatic rings. The molecule has 1 aromatic heterocycles. The van der Waals surface area contributed by atoms with Crippen molar-refractivity contribution in [3.8, 4) is 6.07 Å². The maximum Gasteiger partial charge on any atom is 0.155 e. The molecule has 1 fully saturated rings. The van der Waals surface area contributed by atoms with E-state index in [9.17, 15) is 10.1 Å². The van der Waals surface area contributed by atoms with Gasteiger partial charge in [-0.15, -0.1) is 0 Å². The van der Waals surface area contributed by atoms with Gasteiger partial charge in [-0.3, -0.25) is 9.48 Å². The van der Waals surface area contributed by atoms with E-state index < -0.39 is 11.3 Å². The van der Waals surface area contributed by atoms with Gasteiger partial charge in [-0.2, -0.15) is 10.4 Å². The van der Waals surface area contributed by atoms with Crippen LogP contribution in [0.2, 0.25) is 0 Å². The van der Waals surface area contributed by atoms with Crippen LogP contribution in [0.5, 0.6) is 0 Å². The van der Waals surface area contributed by atoms with Crippen molar-refractivity contribution in [2.45, 2.75) is 52.4 Å². The monoisotopic (exact) mass is 285 g/mol. The molecule has 1 heterocycles. The number of rotatable bonds is 0. The lowest BCUT2D eigenvalue weighted by molar-refractivity contribution is -0.140. The summed E-state index contributed by atoms with van der Waals surface area (Å²) < 4.78 is 1.95.